The maximum atomic E-state index is 13.9. The zero-order valence-electron chi connectivity index (χ0n) is 33.1. The number of fused-ring (bicyclic) bond motifs is 3. The first-order chi connectivity index (χ1) is 26.8. The van der Waals surface area contributed by atoms with Crippen LogP contribution in [0.3, 0.4) is 0 Å². The number of hydrogen-bond donors (Lipinski definition) is 2. The molecule has 2 bridgehead atoms. The van der Waals surface area contributed by atoms with Gasteiger partial charge in [0.05, 0.1) is 37.5 Å². The van der Waals surface area contributed by atoms with E-state index in [4.69, 9.17) is 25.8 Å². The third-order valence-electron chi connectivity index (χ3n) is 11.9. The third-order valence-corrected chi connectivity index (χ3v) is 13.5. The Labute approximate surface area is 337 Å². The van der Waals surface area contributed by atoms with Crippen molar-refractivity contribution in [1.82, 2.24) is 18.8 Å². The molecule has 1 aliphatic carbocycles. The monoisotopic (exact) mass is 815 g/mol. The molecule has 56 heavy (non-hydrogen) atoms. The summed E-state index contributed by atoms with van der Waals surface area (Å²) >= 11 is 6.41. The first kappa shape index (κ1) is 42.4. The van der Waals surface area contributed by atoms with Gasteiger partial charge in [0.15, 0.2) is 5.60 Å². The van der Waals surface area contributed by atoms with E-state index < -0.39 is 34.0 Å². The van der Waals surface area contributed by atoms with Crippen LogP contribution in [-0.4, -0.2) is 132 Å². The van der Waals surface area contributed by atoms with E-state index >= 15 is 0 Å². The Morgan fingerprint density at radius 1 is 1.07 bits per heavy atom. The largest absolute Gasteiger partial charge is 0.491 e. The molecule has 0 unspecified atom stereocenters. The van der Waals surface area contributed by atoms with Gasteiger partial charge >= 0.3 is 10.2 Å². The van der Waals surface area contributed by atoms with Crippen molar-refractivity contribution in [2.75, 3.05) is 85.6 Å². The van der Waals surface area contributed by atoms with E-state index in [2.05, 4.69) is 28.0 Å². The number of nitrogens with zero attached hydrogens (tertiary/aromatic N) is 4. The van der Waals surface area contributed by atoms with E-state index in [9.17, 15) is 23.1 Å². The Balaban J connectivity index is 1.36. The lowest BCUT2D eigenvalue weighted by Gasteiger charge is -2.44. The average Bonchev–Trinajstić information content (AvgIpc) is 3.12. The predicted molar refractivity (Wildman–Crippen MR) is 216 cm³/mol. The van der Waals surface area contributed by atoms with Gasteiger partial charge in [-0.3, -0.25) is 14.5 Å². The summed E-state index contributed by atoms with van der Waals surface area (Å²) in [5.41, 5.74) is 0.654. The van der Waals surface area contributed by atoms with Gasteiger partial charge in [-0.15, -0.1) is 0 Å². The van der Waals surface area contributed by atoms with E-state index in [1.54, 1.807) is 32.4 Å². The number of carbonyl (C=O) groups is 2. The van der Waals surface area contributed by atoms with Crippen LogP contribution in [0.1, 0.15) is 55.2 Å². The fraction of sp³-hybridized carbons (Fsp3) is 0.610. The molecule has 0 aromatic heterocycles. The number of amides is 2. The number of nitrogens with one attached hydrogen (secondary N) is 1. The van der Waals surface area contributed by atoms with Crippen LogP contribution in [0, 0.1) is 11.8 Å². The second kappa shape index (κ2) is 18.6. The molecule has 6 rings (SSSR count). The zero-order chi connectivity index (χ0) is 40.0. The molecule has 2 N–H and O–H groups in total. The van der Waals surface area contributed by atoms with E-state index in [0.717, 1.165) is 56.0 Å². The van der Waals surface area contributed by atoms with Crippen molar-refractivity contribution < 1.29 is 37.3 Å². The van der Waals surface area contributed by atoms with Gasteiger partial charge in [-0.1, -0.05) is 35.9 Å². The minimum atomic E-state index is -4.29. The highest BCUT2D eigenvalue weighted by Crippen LogP contribution is 2.43. The number of halogens is 1. The molecule has 4 atom stereocenters. The van der Waals surface area contributed by atoms with Crippen molar-refractivity contribution in [3.8, 4) is 5.75 Å². The van der Waals surface area contributed by atoms with Gasteiger partial charge < -0.3 is 29.1 Å². The lowest BCUT2D eigenvalue weighted by molar-refractivity contribution is -0.148. The van der Waals surface area contributed by atoms with E-state index in [-0.39, 0.29) is 23.7 Å². The predicted octanol–water partition coefficient (Wildman–Crippen LogP) is 3.76. The third kappa shape index (κ3) is 10.1. The fourth-order valence-electron chi connectivity index (χ4n) is 8.03. The molecule has 1 saturated carbocycles. The van der Waals surface area contributed by atoms with Crippen molar-refractivity contribution in [3.05, 3.63) is 70.3 Å². The Hall–Kier alpha value is -3.24. The summed E-state index contributed by atoms with van der Waals surface area (Å²) in [6.07, 6.45) is 9.57. The molecular formula is C41H58ClN5O8S. The molecule has 2 aromatic carbocycles. The van der Waals surface area contributed by atoms with Crippen LogP contribution >= 0.6 is 11.6 Å². The number of likely N-dealkylation sites (tertiary alicyclic amines) is 1. The van der Waals surface area contributed by atoms with Crippen molar-refractivity contribution in [1.29, 1.82) is 0 Å². The Kier molecular flexibility index (Phi) is 14.0. The molecule has 2 amide bonds. The minimum Gasteiger partial charge on any atom is -0.491 e. The molecule has 308 valence electrons. The van der Waals surface area contributed by atoms with Crippen LogP contribution in [0.4, 0.5) is 5.69 Å². The number of hydrogen-bond acceptors (Lipinski definition) is 10. The van der Waals surface area contributed by atoms with Gasteiger partial charge in [0.25, 0.3) is 5.91 Å². The standard InChI is InChI=1S/C41H58ClN5O8S/c1-44(2)56(51,52)43-40(49)41(50)25-39(48)45(3)18-7-6-10-37(55-22-20-46-27-34(28-46)53-4)35-15-12-31(35)26-47-19-8-5-9-30-23-33(42)14-11-29(30)17-21-54-38-16-13-32(41)24-36(38)47/h6,10-11,13-14,16,23-24,31,34-35,37,50H,5,7-9,12,15,17-22,25-28H2,1-4H3,(H,43,49)/b10-6+/t31-,35+,37-,41+/m0/s1. The normalized spacial score (nSPS) is 26.4. The van der Waals surface area contributed by atoms with E-state index in [1.807, 2.05) is 16.9 Å². The molecule has 0 radical (unpaired) electrons. The lowest BCUT2D eigenvalue weighted by Crippen LogP contribution is -2.53. The highest BCUT2D eigenvalue weighted by Gasteiger charge is 2.44. The van der Waals surface area contributed by atoms with Crippen LogP contribution in [0.25, 0.3) is 0 Å². The average molecular weight is 816 g/mol. The fourth-order valence-corrected chi connectivity index (χ4v) is 8.81. The molecule has 4 aliphatic rings. The second-order valence-corrected chi connectivity index (χ2v) is 18.2. The second-order valence-electron chi connectivity index (χ2n) is 15.8. The molecule has 1 saturated heterocycles. The molecule has 2 aromatic rings. The number of carbonyl (C=O) groups excluding carboxylic acids is 2. The Morgan fingerprint density at radius 3 is 2.61 bits per heavy atom. The van der Waals surface area contributed by atoms with Crippen molar-refractivity contribution in [3.63, 3.8) is 0 Å². The van der Waals surface area contributed by atoms with Gasteiger partial charge in [-0.05, 0) is 91.3 Å². The summed E-state index contributed by atoms with van der Waals surface area (Å²) in [5.74, 6) is -0.588. The summed E-state index contributed by atoms with van der Waals surface area (Å²) in [4.78, 5) is 33.8. The molecular weight excluding hydrogens is 758 g/mol. The van der Waals surface area contributed by atoms with Gasteiger partial charge in [0.2, 0.25) is 5.91 Å². The van der Waals surface area contributed by atoms with Crippen LogP contribution in [0.15, 0.2) is 48.6 Å². The van der Waals surface area contributed by atoms with E-state index in [0.29, 0.717) is 68.1 Å². The Bertz CT molecular complexity index is 1840. The summed E-state index contributed by atoms with van der Waals surface area (Å²) in [6.45, 7) is 5.31. The maximum Gasteiger partial charge on any atom is 0.303 e. The maximum absolute atomic E-state index is 13.9. The molecule has 15 heteroatoms. The zero-order valence-corrected chi connectivity index (χ0v) is 34.7. The summed E-state index contributed by atoms with van der Waals surface area (Å²) in [5, 5.41) is 13.0. The van der Waals surface area contributed by atoms with Crippen LogP contribution in [-0.2, 0) is 47.7 Å². The number of benzene rings is 2. The quantitative estimate of drug-likeness (QED) is 0.379. The van der Waals surface area contributed by atoms with Crippen molar-refractivity contribution in [2.45, 2.75) is 69.2 Å². The number of anilines is 1. The first-order valence-electron chi connectivity index (χ1n) is 19.8. The molecule has 0 spiro atoms. The van der Waals surface area contributed by atoms with Crippen LogP contribution < -0.4 is 14.4 Å². The lowest BCUT2D eigenvalue weighted by atomic mass is 9.70. The molecule has 3 heterocycles. The van der Waals surface area contributed by atoms with Gasteiger partial charge in [-0.25, -0.2) is 4.72 Å². The molecule has 13 nitrogen and oxygen atoms in total. The smallest absolute Gasteiger partial charge is 0.303 e. The molecule has 3 aliphatic heterocycles. The number of aliphatic hydroxyl groups is 1. The minimum absolute atomic E-state index is 0.0923. The highest BCUT2D eigenvalue weighted by molar-refractivity contribution is 7.87. The van der Waals surface area contributed by atoms with Gasteiger partial charge in [0, 0.05) is 79.0 Å². The van der Waals surface area contributed by atoms with Crippen molar-refractivity contribution >= 4 is 39.3 Å². The first-order valence-corrected chi connectivity index (χ1v) is 21.6. The number of rotatable bonds is 8. The topological polar surface area (TPSA) is 141 Å². The summed E-state index contributed by atoms with van der Waals surface area (Å²) < 4.78 is 47.2. The number of aryl methyl sites for hydroxylation is 1. The SMILES string of the molecule is COC1CN(CCO[C@H]2/C=C/CCN(C)C(=O)C[C@](O)(C(=O)NS(=O)(=O)N(C)C)c3ccc4c(c3)N(CCCCc3cc(Cl)ccc3CCO4)C[C@@H]3CC[C@H]32)C1. The van der Waals surface area contributed by atoms with Crippen LogP contribution in [0.5, 0.6) is 5.75 Å². The van der Waals surface area contributed by atoms with Gasteiger partial charge in [-0.2, -0.15) is 12.7 Å². The summed E-state index contributed by atoms with van der Waals surface area (Å²) in [7, 11) is 1.63. The van der Waals surface area contributed by atoms with Crippen molar-refractivity contribution in [2.24, 2.45) is 11.8 Å². The Morgan fingerprint density at radius 2 is 1.88 bits per heavy atom. The van der Waals surface area contributed by atoms with Crippen LogP contribution in [0.2, 0.25) is 5.02 Å². The number of methoxy groups -OCH3 is 1. The summed E-state index contributed by atoms with van der Waals surface area (Å²) in [6, 6.07) is 11.0. The highest BCUT2D eigenvalue weighted by atomic mass is 35.5. The van der Waals surface area contributed by atoms with Gasteiger partial charge in [0.1, 0.15) is 5.75 Å². The van der Waals surface area contributed by atoms with E-state index in [1.165, 1.54) is 30.1 Å². The number of ether oxygens (including phenoxy) is 3. The molecule has 2 fully saturated rings.